The normalized spacial score (nSPS) is 11.5. The summed E-state index contributed by atoms with van der Waals surface area (Å²) >= 11 is 3.37. The summed E-state index contributed by atoms with van der Waals surface area (Å²) in [5.41, 5.74) is 2.28. The minimum atomic E-state index is -0.518. The summed E-state index contributed by atoms with van der Waals surface area (Å²) in [6.07, 6.45) is 0. The lowest BCUT2D eigenvalue weighted by molar-refractivity contribution is -0.124. The van der Waals surface area contributed by atoms with Gasteiger partial charge in [-0.3, -0.25) is 4.79 Å². The predicted octanol–water partition coefficient (Wildman–Crippen LogP) is 3.55. The molecule has 0 aliphatic carbocycles. The summed E-state index contributed by atoms with van der Waals surface area (Å²) in [7, 11) is 3.78. The Bertz CT molecular complexity index is 745. The van der Waals surface area contributed by atoms with Crippen molar-refractivity contribution in [2.24, 2.45) is 0 Å². The monoisotopic (exact) mass is 404 g/mol. The first-order valence-electron chi connectivity index (χ1n) is 7.86. The van der Waals surface area contributed by atoms with Crippen LogP contribution in [-0.2, 0) is 9.53 Å². The number of benzene rings is 2. The number of halogens is 1. The highest BCUT2D eigenvalue weighted by Crippen LogP contribution is 2.17. The lowest BCUT2D eigenvalue weighted by Crippen LogP contribution is -2.31. The Balaban J connectivity index is 1.88. The van der Waals surface area contributed by atoms with E-state index in [1.54, 1.807) is 18.2 Å². The molecule has 0 aliphatic heterocycles. The number of hydrogen-bond donors (Lipinski definition) is 1. The lowest BCUT2D eigenvalue weighted by Gasteiger charge is -2.15. The third-order valence-electron chi connectivity index (χ3n) is 3.68. The van der Waals surface area contributed by atoms with Crippen LogP contribution in [0, 0.1) is 0 Å². The maximum Gasteiger partial charge on any atom is 0.338 e. The minimum absolute atomic E-state index is 0.170. The van der Waals surface area contributed by atoms with Crippen LogP contribution in [0.4, 0.5) is 5.69 Å². The fourth-order valence-electron chi connectivity index (χ4n) is 2.24. The fraction of sp³-hybridized carbons (Fsp3) is 0.263. The molecule has 1 N–H and O–H groups in total. The molecule has 5 nitrogen and oxygen atoms in total. The fourth-order valence-corrected chi connectivity index (χ4v) is 2.51. The molecule has 6 heteroatoms. The highest BCUT2D eigenvalue weighted by Gasteiger charge is 2.13. The summed E-state index contributed by atoms with van der Waals surface area (Å²) in [5, 5.41) is 2.81. The van der Waals surface area contributed by atoms with Crippen molar-refractivity contribution in [3.8, 4) is 0 Å². The van der Waals surface area contributed by atoms with Gasteiger partial charge in [-0.15, -0.1) is 0 Å². The molecule has 0 fully saturated rings. The van der Waals surface area contributed by atoms with Crippen molar-refractivity contribution in [3.05, 3.63) is 64.1 Å². The Morgan fingerprint density at radius 2 is 1.84 bits per heavy atom. The van der Waals surface area contributed by atoms with Gasteiger partial charge in [0.1, 0.15) is 0 Å². The van der Waals surface area contributed by atoms with Gasteiger partial charge >= 0.3 is 5.97 Å². The van der Waals surface area contributed by atoms with E-state index < -0.39 is 5.97 Å². The summed E-state index contributed by atoms with van der Waals surface area (Å²) in [6.45, 7) is 1.56. The van der Waals surface area contributed by atoms with Gasteiger partial charge < -0.3 is 15.0 Å². The Labute approximate surface area is 156 Å². The van der Waals surface area contributed by atoms with Crippen LogP contribution in [0.25, 0.3) is 0 Å². The molecule has 132 valence electrons. The summed E-state index contributed by atoms with van der Waals surface area (Å²) in [5.74, 6) is -0.859. The number of ether oxygens (including phenoxy) is 1. The Morgan fingerprint density at radius 3 is 2.48 bits per heavy atom. The van der Waals surface area contributed by atoms with Crippen molar-refractivity contribution >= 4 is 33.5 Å². The third-order valence-corrected chi connectivity index (χ3v) is 4.21. The second kappa shape index (κ2) is 8.67. The molecule has 25 heavy (non-hydrogen) atoms. The largest absolute Gasteiger partial charge is 0.452 e. The van der Waals surface area contributed by atoms with Crippen molar-refractivity contribution in [2.75, 3.05) is 25.6 Å². The predicted molar refractivity (Wildman–Crippen MR) is 102 cm³/mol. The topological polar surface area (TPSA) is 58.6 Å². The average Bonchev–Trinajstić information content (AvgIpc) is 2.60. The van der Waals surface area contributed by atoms with Gasteiger partial charge in [-0.1, -0.05) is 34.1 Å². The van der Waals surface area contributed by atoms with E-state index in [2.05, 4.69) is 21.2 Å². The number of carbonyl (C=O) groups excluding carboxylic acids is 2. The van der Waals surface area contributed by atoms with Crippen LogP contribution in [0.1, 0.15) is 28.9 Å². The molecule has 2 rings (SSSR count). The quantitative estimate of drug-likeness (QED) is 0.747. The van der Waals surface area contributed by atoms with Crippen LogP contribution in [0.5, 0.6) is 0 Å². The van der Waals surface area contributed by atoms with E-state index in [0.29, 0.717) is 5.56 Å². The van der Waals surface area contributed by atoms with Crippen LogP contribution in [0.2, 0.25) is 0 Å². The van der Waals surface area contributed by atoms with Gasteiger partial charge in [0.05, 0.1) is 11.6 Å². The van der Waals surface area contributed by atoms with E-state index in [-0.39, 0.29) is 18.6 Å². The van der Waals surface area contributed by atoms with E-state index >= 15 is 0 Å². The number of rotatable bonds is 6. The molecule has 0 aromatic heterocycles. The SMILES string of the molecule is C[C@@H](NC(=O)COC(=O)c1cccc(N(C)C)c1)c1ccc(Br)cc1. The zero-order chi connectivity index (χ0) is 18.4. The van der Waals surface area contributed by atoms with Crippen molar-refractivity contribution in [2.45, 2.75) is 13.0 Å². The first-order chi connectivity index (χ1) is 11.9. The zero-order valence-corrected chi connectivity index (χ0v) is 16.0. The second-order valence-electron chi connectivity index (χ2n) is 5.86. The van der Waals surface area contributed by atoms with Crippen molar-refractivity contribution < 1.29 is 14.3 Å². The van der Waals surface area contributed by atoms with Gasteiger partial charge in [0, 0.05) is 24.3 Å². The van der Waals surface area contributed by atoms with Gasteiger partial charge in [0.2, 0.25) is 0 Å². The number of carbonyl (C=O) groups is 2. The Hall–Kier alpha value is -2.34. The smallest absolute Gasteiger partial charge is 0.338 e. The lowest BCUT2D eigenvalue weighted by atomic mass is 10.1. The molecule has 0 spiro atoms. The number of hydrogen-bond acceptors (Lipinski definition) is 4. The molecule has 0 unspecified atom stereocenters. The maximum atomic E-state index is 12.1. The van der Waals surface area contributed by atoms with Crippen LogP contribution >= 0.6 is 15.9 Å². The van der Waals surface area contributed by atoms with Crippen molar-refractivity contribution in [1.82, 2.24) is 5.32 Å². The highest BCUT2D eigenvalue weighted by molar-refractivity contribution is 9.10. The van der Waals surface area contributed by atoms with Crippen molar-refractivity contribution in [1.29, 1.82) is 0 Å². The first-order valence-corrected chi connectivity index (χ1v) is 8.65. The molecule has 0 radical (unpaired) electrons. The summed E-state index contributed by atoms with van der Waals surface area (Å²) in [6, 6.07) is 14.6. The van der Waals surface area contributed by atoms with E-state index in [9.17, 15) is 9.59 Å². The van der Waals surface area contributed by atoms with E-state index in [1.807, 2.05) is 56.3 Å². The molecule has 2 aromatic carbocycles. The summed E-state index contributed by atoms with van der Waals surface area (Å²) in [4.78, 5) is 26.0. The van der Waals surface area contributed by atoms with Crippen LogP contribution in [-0.4, -0.2) is 32.6 Å². The Morgan fingerprint density at radius 1 is 1.16 bits per heavy atom. The van der Waals surface area contributed by atoms with E-state index in [1.165, 1.54) is 0 Å². The second-order valence-corrected chi connectivity index (χ2v) is 6.78. The summed E-state index contributed by atoms with van der Waals surface area (Å²) < 4.78 is 6.08. The number of nitrogens with one attached hydrogen (secondary N) is 1. The van der Waals surface area contributed by atoms with Gasteiger partial charge in [0.15, 0.2) is 6.61 Å². The molecule has 2 aromatic rings. The molecule has 0 bridgehead atoms. The molecule has 1 amide bonds. The zero-order valence-electron chi connectivity index (χ0n) is 14.5. The van der Waals surface area contributed by atoms with Crippen LogP contribution < -0.4 is 10.2 Å². The van der Waals surface area contributed by atoms with E-state index in [0.717, 1.165) is 15.7 Å². The molecule has 0 aliphatic rings. The van der Waals surface area contributed by atoms with Gasteiger partial charge in [-0.25, -0.2) is 4.79 Å². The number of esters is 1. The van der Waals surface area contributed by atoms with Gasteiger partial charge in [0.25, 0.3) is 5.91 Å². The Kier molecular flexibility index (Phi) is 6.58. The standard InChI is InChI=1S/C19H21BrN2O3/c1-13(14-7-9-16(20)10-8-14)21-18(23)12-25-19(24)15-5-4-6-17(11-15)22(2)3/h4-11,13H,12H2,1-3H3,(H,21,23)/t13-/m1/s1. The molecule has 0 saturated heterocycles. The molecule has 0 saturated carbocycles. The molecular weight excluding hydrogens is 384 g/mol. The van der Waals surface area contributed by atoms with E-state index in [4.69, 9.17) is 4.74 Å². The third kappa shape index (κ3) is 5.60. The van der Waals surface area contributed by atoms with Crippen LogP contribution in [0.15, 0.2) is 53.0 Å². The van der Waals surface area contributed by atoms with Gasteiger partial charge in [-0.2, -0.15) is 0 Å². The average molecular weight is 405 g/mol. The number of amides is 1. The highest BCUT2D eigenvalue weighted by atomic mass is 79.9. The minimum Gasteiger partial charge on any atom is -0.452 e. The number of anilines is 1. The van der Waals surface area contributed by atoms with Crippen molar-refractivity contribution in [3.63, 3.8) is 0 Å². The maximum absolute atomic E-state index is 12.1. The molecular formula is C19H21BrN2O3. The molecule has 1 atom stereocenters. The van der Waals surface area contributed by atoms with Crippen LogP contribution in [0.3, 0.4) is 0 Å². The van der Waals surface area contributed by atoms with Gasteiger partial charge in [-0.05, 0) is 42.8 Å². The first kappa shape index (κ1) is 19.0. The number of nitrogens with zero attached hydrogens (tertiary/aromatic N) is 1. The molecule has 0 heterocycles.